The van der Waals surface area contributed by atoms with Crippen LogP contribution in [0.1, 0.15) is 16.7 Å². The first-order valence-electron chi connectivity index (χ1n) is 9.28. The number of hydrogen-bond acceptors (Lipinski definition) is 3. The van der Waals surface area contributed by atoms with Gasteiger partial charge < -0.3 is 10.1 Å². The highest BCUT2D eigenvalue weighted by Gasteiger charge is 2.30. The molecule has 0 bridgehead atoms. The van der Waals surface area contributed by atoms with Gasteiger partial charge in [0.25, 0.3) is 0 Å². The van der Waals surface area contributed by atoms with Crippen LogP contribution in [0.5, 0.6) is 0 Å². The molecule has 4 nitrogen and oxygen atoms in total. The Morgan fingerprint density at radius 3 is 2.43 bits per heavy atom. The van der Waals surface area contributed by atoms with Crippen molar-refractivity contribution in [2.75, 3.05) is 7.11 Å². The van der Waals surface area contributed by atoms with Gasteiger partial charge in [-0.1, -0.05) is 60.7 Å². The van der Waals surface area contributed by atoms with E-state index in [9.17, 15) is 22.8 Å². The SMILES string of the molecule is COC(=O)[C@H](Cc1cccc2ccccc12)NC(=O)Cc1cccc(C(F)(F)F)c1. The van der Waals surface area contributed by atoms with Crippen LogP contribution in [0.3, 0.4) is 0 Å². The predicted molar refractivity (Wildman–Crippen MR) is 107 cm³/mol. The summed E-state index contributed by atoms with van der Waals surface area (Å²) in [5.74, 6) is -1.19. The fraction of sp³-hybridized carbons (Fsp3) is 0.217. The predicted octanol–water partition coefficient (Wildman–Crippen LogP) is 4.30. The number of rotatable bonds is 6. The van der Waals surface area contributed by atoms with Crippen LogP contribution in [0.15, 0.2) is 66.7 Å². The number of carbonyl (C=O) groups excluding carboxylic acids is 2. The Morgan fingerprint density at radius 1 is 1.00 bits per heavy atom. The van der Waals surface area contributed by atoms with Gasteiger partial charge >= 0.3 is 12.1 Å². The van der Waals surface area contributed by atoms with Crippen LogP contribution >= 0.6 is 0 Å². The van der Waals surface area contributed by atoms with Crippen molar-refractivity contribution in [2.24, 2.45) is 0 Å². The molecule has 0 aliphatic carbocycles. The van der Waals surface area contributed by atoms with E-state index in [1.807, 2.05) is 42.5 Å². The van der Waals surface area contributed by atoms with Gasteiger partial charge in [-0.2, -0.15) is 13.2 Å². The van der Waals surface area contributed by atoms with Crippen LogP contribution in [0.2, 0.25) is 0 Å². The molecular formula is C23H20F3NO3. The molecule has 7 heteroatoms. The molecule has 0 radical (unpaired) electrons. The van der Waals surface area contributed by atoms with E-state index in [0.717, 1.165) is 28.5 Å². The molecule has 30 heavy (non-hydrogen) atoms. The van der Waals surface area contributed by atoms with Crippen molar-refractivity contribution in [1.82, 2.24) is 5.32 Å². The quantitative estimate of drug-likeness (QED) is 0.611. The number of hydrogen-bond donors (Lipinski definition) is 1. The fourth-order valence-corrected chi connectivity index (χ4v) is 3.31. The molecule has 156 valence electrons. The lowest BCUT2D eigenvalue weighted by Gasteiger charge is -2.18. The van der Waals surface area contributed by atoms with Crippen molar-refractivity contribution in [1.29, 1.82) is 0 Å². The summed E-state index contributed by atoms with van der Waals surface area (Å²) in [7, 11) is 1.22. The minimum atomic E-state index is -4.49. The summed E-state index contributed by atoms with van der Waals surface area (Å²) in [6, 6.07) is 16.9. The molecule has 3 rings (SSSR count). The number of benzene rings is 3. The van der Waals surface area contributed by atoms with Crippen molar-refractivity contribution in [3.8, 4) is 0 Å². The lowest BCUT2D eigenvalue weighted by atomic mass is 9.98. The van der Waals surface area contributed by atoms with E-state index in [-0.39, 0.29) is 18.4 Å². The molecular weight excluding hydrogens is 395 g/mol. The Kier molecular flexibility index (Phi) is 6.40. The van der Waals surface area contributed by atoms with Crippen LogP contribution in [0.4, 0.5) is 13.2 Å². The standard InChI is InChI=1S/C23H20F3NO3/c1-30-22(29)20(14-17-9-5-8-16-7-2-3-11-19(16)17)27-21(28)13-15-6-4-10-18(12-15)23(24,25)26/h2-12,20H,13-14H2,1H3,(H,27,28)/t20-/m0/s1. The van der Waals surface area contributed by atoms with E-state index in [0.29, 0.717) is 0 Å². The molecule has 0 fully saturated rings. The summed E-state index contributed by atoms with van der Waals surface area (Å²) in [5.41, 5.74) is 0.229. The maximum Gasteiger partial charge on any atom is 0.416 e. The van der Waals surface area contributed by atoms with Crippen molar-refractivity contribution in [3.63, 3.8) is 0 Å². The lowest BCUT2D eigenvalue weighted by molar-refractivity contribution is -0.145. The van der Waals surface area contributed by atoms with Gasteiger partial charge in [-0.15, -0.1) is 0 Å². The number of methoxy groups -OCH3 is 1. The Bertz CT molecular complexity index is 1060. The highest BCUT2D eigenvalue weighted by molar-refractivity contribution is 5.88. The van der Waals surface area contributed by atoms with Crippen LogP contribution in [-0.2, 0) is 33.3 Å². The summed E-state index contributed by atoms with van der Waals surface area (Å²) in [5, 5.41) is 4.53. The van der Waals surface area contributed by atoms with Gasteiger partial charge in [-0.3, -0.25) is 4.79 Å². The number of amides is 1. The van der Waals surface area contributed by atoms with E-state index in [2.05, 4.69) is 5.32 Å². The zero-order valence-electron chi connectivity index (χ0n) is 16.2. The summed E-state index contributed by atoms with van der Waals surface area (Å²) >= 11 is 0. The van der Waals surface area contributed by atoms with Crippen molar-refractivity contribution >= 4 is 22.6 Å². The fourth-order valence-electron chi connectivity index (χ4n) is 3.31. The second-order valence-electron chi connectivity index (χ2n) is 6.86. The molecule has 0 saturated carbocycles. The van der Waals surface area contributed by atoms with E-state index >= 15 is 0 Å². The highest BCUT2D eigenvalue weighted by Crippen LogP contribution is 2.29. The smallest absolute Gasteiger partial charge is 0.416 e. The summed E-state index contributed by atoms with van der Waals surface area (Å²) in [6.07, 6.45) is -4.58. The molecule has 0 saturated heterocycles. The average molecular weight is 415 g/mol. The molecule has 0 heterocycles. The van der Waals surface area contributed by atoms with Gasteiger partial charge in [0.15, 0.2) is 0 Å². The van der Waals surface area contributed by atoms with E-state index in [4.69, 9.17) is 4.74 Å². The third-order valence-corrected chi connectivity index (χ3v) is 4.74. The number of halogens is 3. The Balaban J connectivity index is 1.77. The monoisotopic (exact) mass is 415 g/mol. The van der Waals surface area contributed by atoms with E-state index < -0.39 is 29.7 Å². The van der Waals surface area contributed by atoms with Crippen molar-refractivity contribution < 1.29 is 27.5 Å². The maximum absolute atomic E-state index is 12.9. The maximum atomic E-state index is 12.9. The summed E-state index contributed by atoms with van der Waals surface area (Å²) in [4.78, 5) is 24.7. The number of ether oxygens (including phenoxy) is 1. The molecule has 0 aliphatic heterocycles. The Hall–Kier alpha value is -3.35. The number of alkyl halides is 3. The van der Waals surface area contributed by atoms with Crippen molar-refractivity contribution in [2.45, 2.75) is 25.1 Å². The topological polar surface area (TPSA) is 55.4 Å². The summed E-state index contributed by atoms with van der Waals surface area (Å²) < 4.78 is 43.4. The number of fused-ring (bicyclic) bond motifs is 1. The number of esters is 1. The van der Waals surface area contributed by atoms with Crippen molar-refractivity contribution in [3.05, 3.63) is 83.4 Å². The van der Waals surface area contributed by atoms with Crippen LogP contribution in [0, 0.1) is 0 Å². The van der Waals surface area contributed by atoms with Gasteiger partial charge in [0.2, 0.25) is 5.91 Å². The first-order chi connectivity index (χ1) is 14.3. The molecule has 3 aromatic carbocycles. The first-order valence-corrected chi connectivity index (χ1v) is 9.28. The molecule has 1 atom stereocenters. The molecule has 0 unspecified atom stereocenters. The average Bonchev–Trinajstić information content (AvgIpc) is 2.72. The zero-order valence-corrected chi connectivity index (χ0v) is 16.2. The van der Waals surface area contributed by atoms with Crippen LogP contribution in [-0.4, -0.2) is 25.0 Å². The Morgan fingerprint density at radius 2 is 1.70 bits per heavy atom. The van der Waals surface area contributed by atoms with Crippen LogP contribution in [0.25, 0.3) is 10.8 Å². The molecule has 0 spiro atoms. The second kappa shape index (κ2) is 8.98. The highest BCUT2D eigenvalue weighted by atomic mass is 19.4. The normalized spacial score (nSPS) is 12.4. The van der Waals surface area contributed by atoms with Gasteiger partial charge in [-0.25, -0.2) is 4.79 Å². The Labute approximate surface area is 171 Å². The number of carbonyl (C=O) groups is 2. The minimum absolute atomic E-state index is 0.197. The first kappa shape index (κ1) is 21.4. The lowest BCUT2D eigenvalue weighted by Crippen LogP contribution is -2.43. The zero-order chi connectivity index (χ0) is 21.7. The van der Waals surface area contributed by atoms with E-state index in [1.54, 1.807) is 0 Å². The summed E-state index contributed by atoms with van der Waals surface area (Å²) in [6.45, 7) is 0. The van der Waals surface area contributed by atoms with Crippen LogP contribution < -0.4 is 5.32 Å². The molecule has 3 aromatic rings. The minimum Gasteiger partial charge on any atom is -0.467 e. The van der Waals surface area contributed by atoms with Gasteiger partial charge in [0.1, 0.15) is 6.04 Å². The molecule has 0 aliphatic rings. The third-order valence-electron chi connectivity index (χ3n) is 4.74. The second-order valence-corrected chi connectivity index (χ2v) is 6.86. The van der Waals surface area contributed by atoms with E-state index in [1.165, 1.54) is 19.2 Å². The molecule has 0 aromatic heterocycles. The third kappa shape index (κ3) is 5.17. The molecule has 1 N–H and O–H groups in total. The van der Waals surface area contributed by atoms with Gasteiger partial charge in [0, 0.05) is 6.42 Å². The largest absolute Gasteiger partial charge is 0.467 e. The van der Waals surface area contributed by atoms with Gasteiger partial charge in [-0.05, 0) is 28.0 Å². The number of nitrogens with one attached hydrogen (secondary N) is 1. The van der Waals surface area contributed by atoms with Gasteiger partial charge in [0.05, 0.1) is 19.1 Å². The molecule has 1 amide bonds.